The minimum atomic E-state index is -0.563. The van der Waals surface area contributed by atoms with Crippen molar-refractivity contribution in [3.63, 3.8) is 0 Å². The molecule has 7 heteroatoms. The van der Waals surface area contributed by atoms with E-state index in [4.69, 9.17) is 23.2 Å². The van der Waals surface area contributed by atoms with Crippen LogP contribution in [0.3, 0.4) is 0 Å². The van der Waals surface area contributed by atoms with Crippen LogP contribution in [0.2, 0.25) is 10.4 Å². The third-order valence-electron chi connectivity index (χ3n) is 1.99. The van der Waals surface area contributed by atoms with Crippen LogP contribution in [-0.4, -0.2) is 14.9 Å². The molecule has 0 N–H and O–H groups in total. The molecule has 14 heavy (non-hydrogen) atoms. The SMILES string of the molecule is O=[N+]([O-])c1c(Cl)nc(Cl)nc1C1CC1. The van der Waals surface area contributed by atoms with Crippen LogP contribution in [0.25, 0.3) is 0 Å². The van der Waals surface area contributed by atoms with Crippen LogP contribution in [0.4, 0.5) is 5.69 Å². The number of halogens is 2. The molecule has 0 radical (unpaired) electrons. The molecule has 0 bridgehead atoms. The van der Waals surface area contributed by atoms with Crippen LogP contribution in [-0.2, 0) is 0 Å². The molecular formula is C7H5Cl2N3O2. The highest BCUT2D eigenvalue weighted by molar-refractivity contribution is 6.33. The van der Waals surface area contributed by atoms with Crippen LogP contribution in [0.5, 0.6) is 0 Å². The van der Waals surface area contributed by atoms with E-state index < -0.39 is 4.92 Å². The average molecular weight is 234 g/mol. The zero-order valence-corrected chi connectivity index (χ0v) is 8.42. The lowest BCUT2D eigenvalue weighted by Gasteiger charge is -2.01. The van der Waals surface area contributed by atoms with Crippen molar-refractivity contribution in [3.8, 4) is 0 Å². The van der Waals surface area contributed by atoms with E-state index in [1.807, 2.05) is 0 Å². The van der Waals surface area contributed by atoms with E-state index in [9.17, 15) is 10.1 Å². The summed E-state index contributed by atoms with van der Waals surface area (Å²) in [5.74, 6) is 0.119. The highest BCUT2D eigenvalue weighted by Crippen LogP contribution is 2.44. The second-order valence-electron chi connectivity index (χ2n) is 3.05. The third kappa shape index (κ3) is 1.65. The van der Waals surface area contributed by atoms with Gasteiger partial charge in [0.2, 0.25) is 10.4 Å². The van der Waals surface area contributed by atoms with E-state index in [1.165, 1.54) is 0 Å². The second-order valence-corrected chi connectivity index (χ2v) is 3.74. The van der Waals surface area contributed by atoms with E-state index >= 15 is 0 Å². The van der Waals surface area contributed by atoms with E-state index in [-0.39, 0.29) is 22.0 Å². The van der Waals surface area contributed by atoms with Crippen molar-refractivity contribution in [2.45, 2.75) is 18.8 Å². The molecule has 0 amide bonds. The van der Waals surface area contributed by atoms with Gasteiger partial charge in [0.05, 0.1) is 4.92 Å². The summed E-state index contributed by atoms with van der Waals surface area (Å²) in [7, 11) is 0. The molecule has 0 atom stereocenters. The molecule has 2 rings (SSSR count). The van der Waals surface area contributed by atoms with Crippen LogP contribution in [0, 0.1) is 10.1 Å². The lowest BCUT2D eigenvalue weighted by atomic mass is 10.2. The van der Waals surface area contributed by atoms with Gasteiger partial charge >= 0.3 is 5.69 Å². The zero-order chi connectivity index (χ0) is 10.3. The molecule has 1 heterocycles. The van der Waals surface area contributed by atoms with Gasteiger partial charge in [-0.2, -0.15) is 4.98 Å². The molecule has 1 aromatic heterocycles. The minimum absolute atomic E-state index is 0.0394. The fraction of sp³-hybridized carbons (Fsp3) is 0.429. The highest BCUT2D eigenvalue weighted by atomic mass is 35.5. The molecule has 0 spiro atoms. The zero-order valence-electron chi connectivity index (χ0n) is 6.91. The number of hydrogen-bond donors (Lipinski definition) is 0. The molecule has 1 aliphatic rings. The maximum absolute atomic E-state index is 10.7. The monoisotopic (exact) mass is 233 g/mol. The van der Waals surface area contributed by atoms with Gasteiger partial charge in [0.15, 0.2) is 0 Å². The summed E-state index contributed by atoms with van der Waals surface area (Å²) in [4.78, 5) is 17.5. The molecular weight excluding hydrogens is 229 g/mol. The predicted octanol–water partition coefficient (Wildman–Crippen LogP) is 2.57. The van der Waals surface area contributed by atoms with Crippen LogP contribution < -0.4 is 0 Å². The van der Waals surface area contributed by atoms with Crippen molar-refractivity contribution >= 4 is 28.9 Å². The summed E-state index contributed by atoms with van der Waals surface area (Å²) in [6, 6.07) is 0. The van der Waals surface area contributed by atoms with Gasteiger partial charge in [-0.25, -0.2) is 4.98 Å². The standard InChI is InChI=1S/C7H5Cl2N3O2/c8-6-5(12(13)14)4(3-1-2-3)10-7(9)11-6/h3H,1-2H2. The van der Waals surface area contributed by atoms with Crippen LogP contribution in [0.15, 0.2) is 0 Å². The minimum Gasteiger partial charge on any atom is -0.258 e. The first-order chi connectivity index (χ1) is 6.59. The molecule has 0 aromatic carbocycles. The Morgan fingerprint density at radius 3 is 2.50 bits per heavy atom. The van der Waals surface area contributed by atoms with Crippen molar-refractivity contribution in [1.82, 2.24) is 9.97 Å². The van der Waals surface area contributed by atoms with Gasteiger partial charge in [-0.15, -0.1) is 0 Å². The number of nitro groups is 1. The maximum atomic E-state index is 10.7. The molecule has 1 saturated carbocycles. The normalized spacial score (nSPS) is 15.6. The van der Waals surface area contributed by atoms with E-state index in [0.717, 1.165) is 12.8 Å². The fourth-order valence-corrected chi connectivity index (χ4v) is 1.69. The summed E-state index contributed by atoms with van der Waals surface area (Å²) in [5.41, 5.74) is 0.151. The Balaban J connectivity index is 2.58. The van der Waals surface area contributed by atoms with Gasteiger partial charge in [-0.1, -0.05) is 11.6 Å². The van der Waals surface area contributed by atoms with Crippen LogP contribution >= 0.6 is 23.2 Å². The van der Waals surface area contributed by atoms with Crippen molar-refractivity contribution in [2.75, 3.05) is 0 Å². The van der Waals surface area contributed by atoms with Crippen molar-refractivity contribution in [3.05, 3.63) is 26.2 Å². The average Bonchev–Trinajstić information content (AvgIpc) is 2.82. The summed E-state index contributed by atoms with van der Waals surface area (Å²) in [6.07, 6.45) is 1.79. The van der Waals surface area contributed by atoms with Crippen molar-refractivity contribution < 1.29 is 4.92 Å². The number of nitrogens with zero attached hydrogens (tertiary/aromatic N) is 3. The predicted molar refractivity (Wildman–Crippen MR) is 50.7 cm³/mol. The summed E-state index contributed by atoms with van der Waals surface area (Å²) < 4.78 is 0. The van der Waals surface area contributed by atoms with Gasteiger partial charge in [0.1, 0.15) is 5.69 Å². The van der Waals surface area contributed by atoms with E-state index in [1.54, 1.807) is 0 Å². The Bertz CT molecular complexity index is 406. The molecule has 0 unspecified atom stereocenters. The summed E-state index contributed by atoms with van der Waals surface area (Å²) in [6.45, 7) is 0. The molecule has 1 aromatic rings. The number of aromatic nitrogens is 2. The number of hydrogen-bond acceptors (Lipinski definition) is 4. The van der Waals surface area contributed by atoms with Crippen LogP contribution in [0.1, 0.15) is 24.5 Å². The summed E-state index contributed by atoms with van der Waals surface area (Å²) >= 11 is 11.2. The molecule has 74 valence electrons. The maximum Gasteiger partial charge on any atom is 0.328 e. The molecule has 0 aliphatic heterocycles. The van der Waals surface area contributed by atoms with Crippen molar-refractivity contribution in [2.24, 2.45) is 0 Å². The van der Waals surface area contributed by atoms with Crippen molar-refractivity contribution in [1.29, 1.82) is 0 Å². The third-order valence-corrected chi connectivity index (χ3v) is 2.42. The smallest absolute Gasteiger partial charge is 0.258 e. The number of rotatable bonds is 2. The molecule has 1 fully saturated rings. The lowest BCUT2D eigenvalue weighted by molar-refractivity contribution is -0.386. The van der Waals surface area contributed by atoms with E-state index in [2.05, 4.69) is 9.97 Å². The van der Waals surface area contributed by atoms with Gasteiger partial charge in [-0.3, -0.25) is 10.1 Å². The Labute approximate surface area is 89.2 Å². The van der Waals surface area contributed by atoms with Gasteiger partial charge in [-0.05, 0) is 24.4 Å². The van der Waals surface area contributed by atoms with E-state index in [0.29, 0.717) is 5.69 Å². The Kier molecular flexibility index (Phi) is 2.28. The fourth-order valence-electron chi connectivity index (χ4n) is 1.23. The largest absolute Gasteiger partial charge is 0.328 e. The quantitative estimate of drug-likeness (QED) is 0.341. The van der Waals surface area contributed by atoms with Gasteiger partial charge in [0.25, 0.3) is 0 Å². The molecule has 0 saturated heterocycles. The Morgan fingerprint density at radius 1 is 1.36 bits per heavy atom. The Morgan fingerprint density at radius 2 is 2.00 bits per heavy atom. The lowest BCUT2D eigenvalue weighted by Crippen LogP contribution is -2.00. The second kappa shape index (κ2) is 3.33. The topological polar surface area (TPSA) is 68.9 Å². The highest BCUT2D eigenvalue weighted by Gasteiger charge is 2.35. The first kappa shape index (κ1) is 9.61. The van der Waals surface area contributed by atoms with Gasteiger partial charge < -0.3 is 0 Å². The molecule has 1 aliphatic carbocycles. The van der Waals surface area contributed by atoms with Gasteiger partial charge in [0, 0.05) is 5.92 Å². The first-order valence-corrected chi connectivity index (χ1v) is 4.72. The summed E-state index contributed by atoms with van der Waals surface area (Å²) in [5, 5.41) is 10.5. The Hall–Kier alpha value is -0.940. The first-order valence-electron chi connectivity index (χ1n) is 3.97. The molecule has 5 nitrogen and oxygen atoms in total.